The van der Waals surface area contributed by atoms with Gasteiger partial charge in [0.25, 0.3) is 0 Å². The van der Waals surface area contributed by atoms with E-state index in [9.17, 15) is 0 Å². The molecular weight excluding hydrogens is 234 g/mol. The minimum absolute atomic E-state index is 0.410. The summed E-state index contributed by atoms with van der Waals surface area (Å²) in [6, 6.07) is 4.94. The van der Waals surface area contributed by atoms with Crippen molar-refractivity contribution in [2.45, 2.75) is 52.0 Å². The predicted molar refractivity (Wildman–Crippen MR) is 80.7 cm³/mol. The average molecular weight is 259 g/mol. The van der Waals surface area contributed by atoms with Gasteiger partial charge >= 0.3 is 0 Å². The van der Waals surface area contributed by atoms with Gasteiger partial charge in [-0.3, -0.25) is 0 Å². The summed E-state index contributed by atoms with van der Waals surface area (Å²) >= 11 is 0. The van der Waals surface area contributed by atoms with E-state index in [1.54, 1.807) is 0 Å². The Labute approximate surface area is 116 Å². The number of hydrogen-bond acceptors (Lipinski definition) is 3. The Bertz CT molecular complexity index is 418. The minimum Gasteiger partial charge on any atom is -0.381 e. The smallest absolute Gasteiger partial charge is 0.128 e. The van der Waals surface area contributed by atoms with Gasteiger partial charge in [0, 0.05) is 19.1 Å². The van der Waals surface area contributed by atoms with Gasteiger partial charge in [0.2, 0.25) is 0 Å². The molecule has 1 N–H and O–H groups in total. The van der Waals surface area contributed by atoms with Crippen molar-refractivity contribution in [1.82, 2.24) is 4.98 Å². The first-order valence-electron chi connectivity index (χ1n) is 7.63. The largest absolute Gasteiger partial charge is 0.381 e. The lowest BCUT2D eigenvalue weighted by molar-refractivity contribution is 0.350. The van der Waals surface area contributed by atoms with Crippen LogP contribution in [0.3, 0.4) is 0 Å². The van der Waals surface area contributed by atoms with E-state index in [1.165, 1.54) is 37.8 Å². The molecule has 1 saturated heterocycles. The van der Waals surface area contributed by atoms with Crippen molar-refractivity contribution in [2.24, 2.45) is 5.41 Å². The molecule has 1 unspecified atom stereocenters. The summed E-state index contributed by atoms with van der Waals surface area (Å²) in [4.78, 5) is 6.99. The summed E-state index contributed by atoms with van der Waals surface area (Å²) in [5, 5.41) is 3.67. The number of nitrogens with one attached hydrogen (secondary N) is 1. The van der Waals surface area contributed by atoms with Gasteiger partial charge in [-0.25, -0.2) is 4.98 Å². The van der Waals surface area contributed by atoms with Crippen LogP contribution in [-0.2, 0) is 0 Å². The van der Waals surface area contributed by atoms with Crippen LogP contribution in [0.4, 0.5) is 11.5 Å². The van der Waals surface area contributed by atoms with Crippen LogP contribution >= 0.6 is 0 Å². The predicted octanol–water partition coefficient (Wildman–Crippen LogP) is 3.67. The lowest BCUT2D eigenvalue weighted by atomic mass is 9.87. The van der Waals surface area contributed by atoms with Gasteiger partial charge in [-0.2, -0.15) is 0 Å². The molecular formula is C16H25N3. The van der Waals surface area contributed by atoms with Crippen molar-refractivity contribution >= 4 is 11.5 Å². The lowest BCUT2D eigenvalue weighted by Gasteiger charge is -2.28. The van der Waals surface area contributed by atoms with Crippen LogP contribution in [0, 0.1) is 5.41 Å². The third kappa shape index (κ3) is 2.70. The highest BCUT2D eigenvalue weighted by molar-refractivity contribution is 5.49. The number of aromatic nitrogens is 1. The van der Waals surface area contributed by atoms with Gasteiger partial charge in [0.15, 0.2) is 0 Å². The van der Waals surface area contributed by atoms with E-state index < -0.39 is 0 Å². The molecule has 0 amide bonds. The Kier molecular flexibility index (Phi) is 3.38. The van der Waals surface area contributed by atoms with E-state index in [0.29, 0.717) is 11.5 Å². The first-order chi connectivity index (χ1) is 9.15. The highest BCUT2D eigenvalue weighted by Gasteiger charge is 2.34. The second-order valence-electron chi connectivity index (χ2n) is 6.68. The third-order valence-corrected chi connectivity index (χ3v) is 4.78. The molecule has 0 spiro atoms. The molecule has 104 valence electrons. The van der Waals surface area contributed by atoms with E-state index in [4.69, 9.17) is 0 Å². The fourth-order valence-corrected chi connectivity index (χ4v) is 3.40. The summed E-state index contributed by atoms with van der Waals surface area (Å²) in [6.07, 6.45) is 8.55. The lowest BCUT2D eigenvalue weighted by Crippen LogP contribution is -2.30. The van der Waals surface area contributed by atoms with E-state index in [1.807, 2.05) is 6.20 Å². The molecule has 3 nitrogen and oxygen atoms in total. The molecule has 3 rings (SSSR count). The zero-order valence-corrected chi connectivity index (χ0v) is 12.2. The summed E-state index contributed by atoms with van der Waals surface area (Å²) in [5.41, 5.74) is 1.58. The van der Waals surface area contributed by atoms with E-state index in [-0.39, 0.29) is 0 Å². The maximum Gasteiger partial charge on any atom is 0.128 e. The zero-order valence-electron chi connectivity index (χ0n) is 12.2. The van der Waals surface area contributed by atoms with Crippen LogP contribution in [0.5, 0.6) is 0 Å². The molecule has 2 aliphatic rings. The number of nitrogens with zero attached hydrogens (tertiary/aromatic N) is 2. The third-order valence-electron chi connectivity index (χ3n) is 4.78. The fourth-order valence-electron chi connectivity index (χ4n) is 3.40. The summed E-state index contributed by atoms with van der Waals surface area (Å²) in [7, 11) is 0. The van der Waals surface area contributed by atoms with Crippen molar-refractivity contribution in [2.75, 3.05) is 23.3 Å². The molecule has 3 heteroatoms. The molecule has 1 aromatic heterocycles. The quantitative estimate of drug-likeness (QED) is 0.897. The minimum atomic E-state index is 0.410. The zero-order chi connectivity index (χ0) is 13.3. The van der Waals surface area contributed by atoms with Crippen LogP contribution in [0.1, 0.15) is 46.0 Å². The second-order valence-corrected chi connectivity index (χ2v) is 6.68. The molecule has 2 fully saturated rings. The van der Waals surface area contributed by atoms with Gasteiger partial charge in [-0.1, -0.05) is 20.3 Å². The van der Waals surface area contributed by atoms with Gasteiger partial charge in [-0.05, 0) is 43.2 Å². The van der Waals surface area contributed by atoms with Gasteiger partial charge < -0.3 is 10.2 Å². The maximum atomic E-state index is 4.61. The topological polar surface area (TPSA) is 28.2 Å². The van der Waals surface area contributed by atoms with Crippen molar-refractivity contribution in [1.29, 1.82) is 0 Å². The molecule has 0 aromatic carbocycles. The highest BCUT2D eigenvalue weighted by Crippen LogP contribution is 2.39. The molecule has 0 bridgehead atoms. The molecule has 2 heterocycles. The maximum absolute atomic E-state index is 4.61. The molecule has 1 atom stereocenters. The van der Waals surface area contributed by atoms with Crippen molar-refractivity contribution < 1.29 is 0 Å². The van der Waals surface area contributed by atoms with Crippen molar-refractivity contribution in [3.8, 4) is 0 Å². The van der Waals surface area contributed by atoms with Gasteiger partial charge in [0.1, 0.15) is 5.82 Å². The van der Waals surface area contributed by atoms with Crippen LogP contribution in [-0.4, -0.2) is 24.1 Å². The molecule has 19 heavy (non-hydrogen) atoms. The van der Waals surface area contributed by atoms with Gasteiger partial charge in [0.05, 0.1) is 11.9 Å². The Morgan fingerprint density at radius 1 is 1.21 bits per heavy atom. The van der Waals surface area contributed by atoms with Crippen LogP contribution in [0.2, 0.25) is 0 Å². The van der Waals surface area contributed by atoms with Crippen LogP contribution in [0.25, 0.3) is 0 Å². The fraction of sp³-hybridized carbons (Fsp3) is 0.688. The first kappa shape index (κ1) is 12.8. The normalized spacial score (nSPS) is 25.8. The monoisotopic (exact) mass is 259 g/mol. The molecule has 1 aliphatic heterocycles. The van der Waals surface area contributed by atoms with E-state index in [2.05, 4.69) is 41.2 Å². The standard InChI is InChI=1S/C16H25N3/c1-16(2)9-5-6-14(16)18-13-7-8-15(17-12-13)19-10-3-4-11-19/h7-8,12,14,18H,3-6,9-11H2,1-2H3. The SMILES string of the molecule is CC1(C)CCCC1Nc1ccc(N2CCCC2)nc1. The molecule has 1 saturated carbocycles. The van der Waals surface area contributed by atoms with Gasteiger partial charge in [-0.15, -0.1) is 0 Å². The van der Waals surface area contributed by atoms with Crippen LogP contribution in [0.15, 0.2) is 18.3 Å². The average Bonchev–Trinajstić information content (AvgIpc) is 3.01. The molecule has 1 aromatic rings. The Hall–Kier alpha value is -1.25. The van der Waals surface area contributed by atoms with E-state index >= 15 is 0 Å². The summed E-state index contributed by atoms with van der Waals surface area (Å²) < 4.78 is 0. The van der Waals surface area contributed by atoms with Crippen LogP contribution < -0.4 is 10.2 Å². The number of pyridine rings is 1. The van der Waals surface area contributed by atoms with Crippen molar-refractivity contribution in [3.63, 3.8) is 0 Å². The van der Waals surface area contributed by atoms with Crippen molar-refractivity contribution in [3.05, 3.63) is 18.3 Å². The summed E-state index contributed by atoms with van der Waals surface area (Å²) in [5.74, 6) is 1.13. The summed E-state index contributed by atoms with van der Waals surface area (Å²) in [6.45, 7) is 7.05. The Balaban J connectivity index is 1.65. The first-order valence-corrected chi connectivity index (χ1v) is 7.63. The highest BCUT2D eigenvalue weighted by atomic mass is 15.2. The number of anilines is 2. The Morgan fingerprint density at radius 2 is 2.00 bits per heavy atom. The number of rotatable bonds is 3. The molecule has 0 radical (unpaired) electrons. The Morgan fingerprint density at radius 3 is 2.58 bits per heavy atom. The molecule has 1 aliphatic carbocycles. The second kappa shape index (κ2) is 5.03. The number of hydrogen-bond donors (Lipinski definition) is 1. The van der Waals surface area contributed by atoms with E-state index in [0.717, 1.165) is 18.9 Å².